The number of ether oxygens (including phenoxy) is 1. The predicted octanol–water partition coefficient (Wildman–Crippen LogP) is 3.43. The minimum Gasteiger partial charge on any atom is -0.489 e. The normalized spacial score (nSPS) is 9.84. The van der Waals surface area contributed by atoms with Gasteiger partial charge in [-0.25, -0.2) is 0 Å². The molecular formula is C18H25Cl3N2O2. The average molecular weight is 408 g/mol. The van der Waals surface area contributed by atoms with E-state index in [2.05, 4.69) is 22.8 Å². The summed E-state index contributed by atoms with van der Waals surface area (Å²) in [7, 11) is 0. The molecule has 0 bridgehead atoms. The maximum absolute atomic E-state index is 8.66. The van der Waals surface area contributed by atoms with E-state index in [4.69, 9.17) is 21.4 Å². The average Bonchev–Trinajstić information content (AvgIpc) is 2.58. The van der Waals surface area contributed by atoms with Gasteiger partial charge in [-0.3, -0.25) is 0 Å². The number of hydrogen-bond acceptors (Lipinski definition) is 4. The molecular weight excluding hydrogens is 383 g/mol. The molecule has 0 atom stereocenters. The molecule has 0 aromatic heterocycles. The first-order valence-corrected chi connectivity index (χ1v) is 8.15. The summed E-state index contributed by atoms with van der Waals surface area (Å²) in [6.07, 6.45) is 0. The van der Waals surface area contributed by atoms with E-state index in [-0.39, 0.29) is 31.4 Å². The first-order chi connectivity index (χ1) is 11.3. The number of aliphatic hydroxyl groups excluding tert-OH is 1. The third-order valence-electron chi connectivity index (χ3n) is 3.37. The van der Waals surface area contributed by atoms with Gasteiger partial charge in [0.05, 0.1) is 6.61 Å². The van der Waals surface area contributed by atoms with Crippen LogP contribution in [0.1, 0.15) is 11.1 Å². The minimum atomic E-state index is 0. The third kappa shape index (κ3) is 9.31. The molecule has 0 radical (unpaired) electrons. The van der Waals surface area contributed by atoms with Crippen LogP contribution in [0.5, 0.6) is 5.75 Å². The minimum absolute atomic E-state index is 0. The molecule has 0 aliphatic carbocycles. The van der Waals surface area contributed by atoms with Gasteiger partial charge in [0.15, 0.2) is 0 Å². The van der Waals surface area contributed by atoms with Crippen LogP contribution in [0, 0.1) is 0 Å². The molecule has 0 heterocycles. The second kappa shape index (κ2) is 14.2. The molecule has 0 saturated heterocycles. The lowest BCUT2D eigenvalue weighted by Crippen LogP contribution is -2.28. The molecule has 2 aromatic rings. The highest BCUT2D eigenvalue weighted by atomic mass is 35.5. The second-order valence-corrected chi connectivity index (χ2v) is 5.58. The van der Waals surface area contributed by atoms with E-state index < -0.39 is 0 Å². The topological polar surface area (TPSA) is 53.5 Å². The van der Waals surface area contributed by atoms with Crippen LogP contribution in [0.4, 0.5) is 0 Å². The summed E-state index contributed by atoms with van der Waals surface area (Å²) in [5.74, 6) is 0.832. The summed E-state index contributed by atoms with van der Waals surface area (Å²) in [6.45, 7) is 3.80. The van der Waals surface area contributed by atoms with E-state index >= 15 is 0 Å². The molecule has 0 saturated carbocycles. The Kier molecular flexibility index (Phi) is 13.6. The second-order valence-electron chi connectivity index (χ2n) is 5.17. The van der Waals surface area contributed by atoms with Crippen LogP contribution < -0.4 is 15.4 Å². The van der Waals surface area contributed by atoms with Crippen molar-refractivity contribution in [1.82, 2.24) is 10.6 Å². The van der Waals surface area contributed by atoms with Crippen LogP contribution >= 0.6 is 36.4 Å². The lowest BCUT2D eigenvalue weighted by atomic mass is 10.2. The van der Waals surface area contributed by atoms with Gasteiger partial charge in [0.1, 0.15) is 12.4 Å². The maximum atomic E-state index is 8.66. The molecule has 0 aliphatic rings. The lowest BCUT2D eigenvalue weighted by molar-refractivity contribution is 0.292. The number of aliphatic hydroxyl groups is 1. The van der Waals surface area contributed by atoms with Crippen molar-refractivity contribution in [2.24, 2.45) is 0 Å². The molecule has 0 aliphatic heterocycles. The van der Waals surface area contributed by atoms with Crippen LogP contribution in [-0.4, -0.2) is 31.3 Å². The highest BCUT2D eigenvalue weighted by Crippen LogP contribution is 2.18. The quantitative estimate of drug-likeness (QED) is 0.528. The molecule has 2 aromatic carbocycles. The van der Waals surface area contributed by atoms with Gasteiger partial charge in [0, 0.05) is 36.8 Å². The first-order valence-electron chi connectivity index (χ1n) is 7.77. The lowest BCUT2D eigenvalue weighted by Gasteiger charge is -2.09. The zero-order chi connectivity index (χ0) is 16.3. The van der Waals surface area contributed by atoms with E-state index in [0.29, 0.717) is 13.2 Å². The van der Waals surface area contributed by atoms with Crippen LogP contribution in [0.15, 0.2) is 48.5 Å². The molecule has 4 nitrogen and oxygen atoms in total. The Morgan fingerprint density at radius 3 is 2.24 bits per heavy atom. The Balaban J connectivity index is 0.00000288. The van der Waals surface area contributed by atoms with Crippen molar-refractivity contribution in [3.05, 3.63) is 64.7 Å². The zero-order valence-corrected chi connectivity index (χ0v) is 16.3. The van der Waals surface area contributed by atoms with Gasteiger partial charge in [-0.1, -0.05) is 41.9 Å². The highest BCUT2D eigenvalue weighted by Gasteiger charge is 2.01. The zero-order valence-electron chi connectivity index (χ0n) is 13.9. The van der Waals surface area contributed by atoms with Crippen LogP contribution in [0.25, 0.3) is 0 Å². The van der Waals surface area contributed by atoms with Crippen molar-refractivity contribution >= 4 is 36.4 Å². The van der Waals surface area contributed by atoms with Crippen LogP contribution in [0.2, 0.25) is 5.02 Å². The number of benzene rings is 2. The Bertz CT molecular complexity index is 583. The van der Waals surface area contributed by atoms with Crippen molar-refractivity contribution < 1.29 is 9.84 Å². The first kappa shape index (κ1) is 24.0. The molecule has 3 N–H and O–H groups in total. The van der Waals surface area contributed by atoms with Crippen molar-refractivity contribution in [3.63, 3.8) is 0 Å². The summed E-state index contributed by atoms with van der Waals surface area (Å²) in [5, 5.41) is 15.8. The monoisotopic (exact) mass is 406 g/mol. The van der Waals surface area contributed by atoms with Crippen molar-refractivity contribution in [3.8, 4) is 5.75 Å². The van der Waals surface area contributed by atoms with Crippen LogP contribution in [0.3, 0.4) is 0 Å². The van der Waals surface area contributed by atoms with E-state index in [0.717, 1.165) is 36.0 Å². The van der Waals surface area contributed by atoms with Crippen LogP contribution in [-0.2, 0) is 13.2 Å². The van der Waals surface area contributed by atoms with Crippen molar-refractivity contribution in [1.29, 1.82) is 0 Å². The van der Waals surface area contributed by atoms with Gasteiger partial charge in [-0.2, -0.15) is 0 Å². The number of nitrogens with one attached hydrogen (secondary N) is 2. The molecule has 140 valence electrons. The van der Waals surface area contributed by atoms with Gasteiger partial charge in [-0.05, 0) is 23.8 Å². The van der Waals surface area contributed by atoms with Gasteiger partial charge in [0.25, 0.3) is 0 Å². The summed E-state index contributed by atoms with van der Waals surface area (Å²) in [4.78, 5) is 0. The van der Waals surface area contributed by atoms with E-state index in [1.54, 1.807) is 0 Å². The van der Waals surface area contributed by atoms with Gasteiger partial charge >= 0.3 is 0 Å². The third-order valence-corrected chi connectivity index (χ3v) is 3.74. The number of rotatable bonds is 10. The molecule has 0 unspecified atom stereocenters. The summed E-state index contributed by atoms with van der Waals surface area (Å²) < 4.78 is 5.76. The predicted molar refractivity (Wildman–Crippen MR) is 108 cm³/mol. The van der Waals surface area contributed by atoms with E-state index in [1.165, 1.54) is 5.56 Å². The van der Waals surface area contributed by atoms with Gasteiger partial charge in [0.2, 0.25) is 0 Å². The van der Waals surface area contributed by atoms with Gasteiger partial charge < -0.3 is 20.5 Å². The molecule has 7 heteroatoms. The maximum Gasteiger partial charge on any atom is 0.119 e. The Morgan fingerprint density at radius 2 is 1.56 bits per heavy atom. The fourth-order valence-electron chi connectivity index (χ4n) is 2.09. The number of halogens is 3. The molecule has 0 fully saturated rings. The molecule has 0 amide bonds. The summed E-state index contributed by atoms with van der Waals surface area (Å²) in [6, 6.07) is 15.7. The molecule has 25 heavy (non-hydrogen) atoms. The molecule has 2 rings (SSSR count). The Morgan fingerprint density at radius 1 is 0.880 bits per heavy atom. The Labute approximate surface area is 166 Å². The van der Waals surface area contributed by atoms with Gasteiger partial charge in [-0.15, -0.1) is 24.8 Å². The summed E-state index contributed by atoms with van der Waals surface area (Å²) >= 11 is 6.11. The fraction of sp³-hybridized carbons (Fsp3) is 0.333. The SMILES string of the molecule is Cl.Cl.OCCNCCNCc1ccc(OCc2ccccc2Cl)cc1. The summed E-state index contributed by atoms with van der Waals surface area (Å²) in [5.41, 5.74) is 2.19. The number of hydrogen-bond donors (Lipinski definition) is 3. The largest absolute Gasteiger partial charge is 0.489 e. The highest BCUT2D eigenvalue weighted by molar-refractivity contribution is 6.31. The molecule has 0 spiro atoms. The standard InChI is InChI=1S/C18H23ClN2O2.2ClH/c19-18-4-2-1-3-16(18)14-23-17-7-5-15(6-8-17)13-21-10-9-20-11-12-22;;/h1-8,20-22H,9-14H2;2*1H. The fourth-order valence-corrected chi connectivity index (χ4v) is 2.28. The van der Waals surface area contributed by atoms with E-state index in [1.807, 2.05) is 36.4 Å². The Hall–Kier alpha value is -1.01. The van der Waals surface area contributed by atoms with E-state index in [9.17, 15) is 0 Å². The smallest absolute Gasteiger partial charge is 0.119 e. The van der Waals surface area contributed by atoms with Crippen molar-refractivity contribution in [2.45, 2.75) is 13.2 Å². The van der Waals surface area contributed by atoms with Crippen molar-refractivity contribution in [2.75, 3.05) is 26.2 Å².